The summed E-state index contributed by atoms with van der Waals surface area (Å²) in [5, 5.41) is 11.6. The van der Waals surface area contributed by atoms with Gasteiger partial charge >= 0.3 is 12.2 Å². The third-order valence-corrected chi connectivity index (χ3v) is 8.91. The number of urea groups is 1. The average molecular weight is 545 g/mol. The number of nitrogens with zero attached hydrogens (tertiary/aromatic N) is 3. The van der Waals surface area contributed by atoms with E-state index in [2.05, 4.69) is 22.4 Å². The summed E-state index contributed by atoms with van der Waals surface area (Å²) >= 11 is 5.77. The number of amides is 2. The standard InChI is InChI=1S/C29H32ClF3N4O/c30-26-8-7-23(17-25(26)29(31,32)33)35-27(38)37(14-4-13-36-11-1-2-12-36)24-9-10-28(18-22(28)16-24)21-6-3-5-20(15-21)19-34/h3,5-8,15,17,22,24H,1-2,4,9-14,16,18H2,(H,35,38)/t22?,24-,28+/m1/s1. The minimum absolute atomic E-state index is 0.0164. The van der Waals surface area contributed by atoms with Crippen molar-refractivity contribution >= 4 is 23.3 Å². The number of likely N-dealkylation sites (tertiary alicyclic amines) is 1. The summed E-state index contributed by atoms with van der Waals surface area (Å²) in [6.45, 7) is 3.61. The maximum Gasteiger partial charge on any atom is 0.417 e. The van der Waals surface area contributed by atoms with Crippen LogP contribution in [0.3, 0.4) is 0 Å². The molecule has 1 aliphatic heterocycles. The van der Waals surface area contributed by atoms with Crippen LogP contribution in [-0.4, -0.2) is 48.1 Å². The van der Waals surface area contributed by atoms with Gasteiger partial charge < -0.3 is 15.1 Å². The van der Waals surface area contributed by atoms with E-state index in [0.717, 1.165) is 57.8 Å². The molecule has 1 N–H and O–H groups in total. The van der Waals surface area contributed by atoms with Gasteiger partial charge in [-0.25, -0.2) is 4.79 Å². The van der Waals surface area contributed by atoms with E-state index in [9.17, 15) is 23.2 Å². The summed E-state index contributed by atoms with van der Waals surface area (Å²) in [5.74, 6) is 0.427. The molecule has 38 heavy (non-hydrogen) atoms. The minimum Gasteiger partial charge on any atom is -0.321 e. The van der Waals surface area contributed by atoms with Gasteiger partial charge in [-0.15, -0.1) is 0 Å². The van der Waals surface area contributed by atoms with Gasteiger partial charge in [-0.2, -0.15) is 18.4 Å². The fourth-order valence-electron chi connectivity index (χ4n) is 6.48. The highest BCUT2D eigenvalue weighted by molar-refractivity contribution is 6.31. The van der Waals surface area contributed by atoms with Crippen LogP contribution in [0.25, 0.3) is 0 Å². The monoisotopic (exact) mass is 544 g/mol. The first kappa shape index (κ1) is 26.8. The molecule has 3 aliphatic rings. The molecule has 2 saturated carbocycles. The summed E-state index contributed by atoms with van der Waals surface area (Å²) < 4.78 is 40.1. The van der Waals surface area contributed by atoms with Crippen molar-refractivity contribution in [3.8, 4) is 6.07 Å². The lowest BCUT2D eigenvalue weighted by Crippen LogP contribution is -2.46. The second-order valence-corrected chi connectivity index (χ2v) is 11.3. The fourth-order valence-corrected chi connectivity index (χ4v) is 6.71. The molecule has 3 fully saturated rings. The molecule has 0 bridgehead atoms. The molecular formula is C29H32ClF3N4O. The van der Waals surface area contributed by atoms with Crippen molar-refractivity contribution in [1.29, 1.82) is 5.26 Å². The number of fused-ring (bicyclic) bond motifs is 1. The Labute approximate surface area is 226 Å². The molecule has 5 rings (SSSR count). The molecule has 2 aromatic rings. The Balaban J connectivity index is 1.30. The van der Waals surface area contributed by atoms with Crippen molar-refractivity contribution in [3.63, 3.8) is 0 Å². The topological polar surface area (TPSA) is 59.4 Å². The number of carbonyl (C=O) groups excluding carboxylic acids is 1. The first-order valence-electron chi connectivity index (χ1n) is 13.4. The number of anilines is 1. The van der Waals surface area contributed by atoms with Crippen LogP contribution >= 0.6 is 11.6 Å². The largest absolute Gasteiger partial charge is 0.417 e. The van der Waals surface area contributed by atoms with Gasteiger partial charge in [-0.05, 0) is 112 Å². The average Bonchev–Trinajstić information content (AvgIpc) is 3.41. The van der Waals surface area contributed by atoms with E-state index < -0.39 is 16.8 Å². The molecule has 202 valence electrons. The van der Waals surface area contributed by atoms with Gasteiger partial charge in [0.15, 0.2) is 0 Å². The molecule has 5 nitrogen and oxygen atoms in total. The molecule has 0 aromatic heterocycles. The van der Waals surface area contributed by atoms with E-state index in [-0.39, 0.29) is 23.2 Å². The lowest BCUT2D eigenvalue weighted by atomic mass is 9.80. The molecule has 2 amide bonds. The smallest absolute Gasteiger partial charge is 0.321 e. The van der Waals surface area contributed by atoms with E-state index >= 15 is 0 Å². The first-order chi connectivity index (χ1) is 18.2. The Bertz CT molecular complexity index is 1220. The number of benzene rings is 2. The number of hydrogen-bond donors (Lipinski definition) is 1. The SMILES string of the molecule is N#Cc1cccc([C@@]23CC[C@@H](N(CCCN4CCCC4)C(=O)Nc4ccc(Cl)c(C(F)(F)F)c4)CC2C3)c1. The number of nitriles is 1. The third kappa shape index (κ3) is 5.64. The van der Waals surface area contributed by atoms with E-state index in [1.54, 1.807) is 0 Å². The Morgan fingerprint density at radius 2 is 2.00 bits per heavy atom. The van der Waals surface area contributed by atoms with E-state index in [1.165, 1.54) is 30.5 Å². The van der Waals surface area contributed by atoms with Crippen molar-refractivity contribution in [2.75, 3.05) is 31.5 Å². The summed E-state index contributed by atoms with van der Waals surface area (Å²) in [7, 11) is 0. The van der Waals surface area contributed by atoms with Crippen LogP contribution < -0.4 is 5.32 Å². The maximum absolute atomic E-state index is 13.5. The molecule has 0 spiro atoms. The van der Waals surface area contributed by atoms with Gasteiger partial charge in [-0.3, -0.25) is 0 Å². The molecule has 1 unspecified atom stereocenters. The zero-order valence-electron chi connectivity index (χ0n) is 21.2. The summed E-state index contributed by atoms with van der Waals surface area (Å²) in [6, 6.07) is 13.2. The van der Waals surface area contributed by atoms with Gasteiger partial charge in [0.1, 0.15) is 0 Å². The van der Waals surface area contributed by atoms with Crippen molar-refractivity contribution in [3.05, 3.63) is 64.2 Å². The van der Waals surface area contributed by atoms with Crippen molar-refractivity contribution in [2.24, 2.45) is 5.92 Å². The molecule has 1 heterocycles. The Kier molecular flexibility index (Phi) is 7.61. The Hall–Kier alpha value is -2.76. The number of carbonyl (C=O) groups is 1. The van der Waals surface area contributed by atoms with E-state index in [0.29, 0.717) is 18.0 Å². The summed E-state index contributed by atoms with van der Waals surface area (Å²) in [6.07, 6.45) is 2.23. The molecule has 9 heteroatoms. The molecule has 1 saturated heterocycles. The summed E-state index contributed by atoms with van der Waals surface area (Å²) in [5.41, 5.74) is 1.05. The molecule has 0 radical (unpaired) electrons. The number of nitrogens with one attached hydrogen (secondary N) is 1. The number of halogens is 4. The first-order valence-corrected chi connectivity index (χ1v) is 13.7. The predicted molar refractivity (Wildman–Crippen MR) is 141 cm³/mol. The maximum atomic E-state index is 13.5. The third-order valence-electron chi connectivity index (χ3n) is 8.58. The molecule has 2 aliphatic carbocycles. The van der Waals surface area contributed by atoms with Crippen molar-refractivity contribution in [1.82, 2.24) is 9.80 Å². The highest BCUT2D eigenvalue weighted by Gasteiger charge is 2.58. The van der Waals surface area contributed by atoms with E-state index in [1.807, 2.05) is 23.1 Å². The summed E-state index contributed by atoms with van der Waals surface area (Å²) in [4.78, 5) is 17.7. The molecule has 2 aromatic carbocycles. The van der Waals surface area contributed by atoms with Crippen LogP contribution in [0.2, 0.25) is 5.02 Å². The highest BCUT2D eigenvalue weighted by atomic mass is 35.5. The Morgan fingerprint density at radius 1 is 1.21 bits per heavy atom. The number of alkyl halides is 3. The predicted octanol–water partition coefficient (Wildman–Crippen LogP) is 7.06. The Morgan fingerprint density at radius 3 is 2.71 bits per heavy atom. The van der Waals surface area contributed by atoms with Crippen LogP contribution in [0.5, 0.6) is 0 Å². The highest BCUT2D eigenvalue weighted by Crippen LogP contribution is 2.63. The van der Waals surface area contributed by atoms with Crippen LogP contribution in [0.1, 0.15) is 61.6 Å². The van der Waals surface area contributed by atoms with Gasteiger partial charge in [0, 0.05) is 18.3 Å². The molecule has 3 atom stereocenters. The normalized spacial score (nSPS) is 24.9. The fraction of sp³-hybridized carbons (Fsp3) is 0.517. The van der Waals surface area contributed by atoms with Crippen LogP contribution in [-0.2, 0) is 11.6 Å². The van der Waals surface area contributed by atoms with Gasteiger partial charge in [0.2, 0.25) is 0 Å². The van der Waals surface area contributed by atoms with Crippen LogP contribution in [0.15, 0.2) is 42.5 Å². The van der Waals surface area contributed by atoms with Crippen LogP contribution in [0.4, 0.5) is 23.7 Å². The quantitative estimate of drug-likeness (QED) is 0.406. The van der Waals surface area contributed by atoms with E-state index in [4.69, 9.17) is 11.6 Å². The van der Waals surface area contributed by atoms with Gasteiger partial charge in [0.25, 0.3) is 0 Å². The second-order valence-electron chi connectivity index (χ2n) is 10.9. The van der Waals surface area contributed by atoms with Crippen molar-refractivity contribution < 1.29 is 18.0 Å². The number of rotatable bonds is 7. The van der Waals surface area contributed by atoms with Gasteiger partial charge in [-0.1, -0.05) is 23.7 Å². The van der Waals surface area contributed by atoms with Crippen molar-refractivity contribution in [2.45, 2.75) is 62.6 Å². The van der Waals surface area contributed by atoms with Gasteiger partial charge in [0.05, 0.1) is 22.2 Å². The second kappa shape index (κ2) is 10.8. The molecular weight excluding hydrogens is 513 g/mol. The zero-order chi connectivity index (χ0) is 26.9. The minimum atomic E-state index is -4.60. The number of hydrogen-bond acceptors (Lipinski definition) is 3. The lowest BCUT2D eigenvalue weighted by molar-refractivity contribution is -0.137. The zero-order valence-corrected chi connectivity index (χ0v) is 22.0. The van der Waals surface area contributed by atoms with Crippen LogP contribution in [0, 0.1) is 17.2 Å². The lowest BCUT2D eigenvalue weighted by Gasteiger charge is -2.37.